The minimum atomic E-state index is -0.277. The Kier molecular flexibility index (Phi) is 5.45. The zero-order valence-electron chi connectivity index (χ0n) is 16.7. The minimum Gasteiger partial charge on any atom is -0.507 e. The first-order chi connectivity index (χ1) is 14.1. The topological polar surface area (TPSA) is 73.3 Å². The summed E-state index contributed by atoms with van der Waals surface area (Å²) in [6.07, 6.45) is 3.72. The Hall–Kier alpha value is -2.99. The van der Waals surface area contributed by atoms with Crippen molar-refractivity contribution in [3.05, 3.63) is 58.4 Å². The summed E-state index contributed by atoms with van der Waals surface area (Å²) in [5.41, 5.74) is 0.820. The molecule has 1 aliphatic heterocycles. The van der Waals surface area contributed by atoms with E-state index in [4.69, 9.17) is 13.9 Å². The van der Waals surface area contributed by atoms with Gasteiger partial charge in [0.25, 0.3) is 0 Å². The number of fused-ring (bicyclic) bond motifs is 1. The van der Waals surface area contributed by atoms with Crippen molar-refractivity contribution in [3.63, 3.8) is 0 Å². The van der Waals surface area contributed by atoms with Crippen molar-refractivity contribution < 1.29 is 23.9 Å². The van der Waals surface area contributed by atoms with E-state index in [1.54, 1.807) is 37.4 Å². The molecule has 2 heterocycles. The maximum atomic E-state index is 13.0. The van der Waals surface area contributed by atoms with Crippen LogP contribution in [0.15, 0.2) is 51.9 Å². The first-order valence-corrected chi connectivity index (χ1v) is 9.97. The number of hydrogen-bond donors (Lipinski definition) is 2. The molecule has 2 atom stereocenters. The fourth-order valence-electron chi connectivity index (χ4n) is 4.10. The average Bonchev–Trinajstić information content (AvgIpc) is 2.72. The lowest BCUT2D eigenvalue weighted by molar-refractivity contribution is -0.922. The van der Waals surface area contributed by atoms with Crippen molar-refractivity contribution in [2.45, 2.75) is 26.3 Å². The molecule has 2 N–H and O–H groups in total. The van der Waals surface area contributed by atoms with Crippen molar-refractivity contribution in [2.24, 2.45) is 5.92 Å². The predicted octanol–water partition coefficient (Wildman–Crippen LogP) is 3.11. The third-order valence-electron chi connectivity index (χ3n) is 5.57. The van der Waals surface area contributed by atoms with Crippen LogP contribution in [0.1, 0.15) is 25.3 Å². The van der Waals surface area contributed by atoms with Crippen LogP contribution in [0.3, 0.4) is 0 Å². The van der Waals surface area contributed by atoms with Crippen LogP contribution >= 0.6 is 0 Å². The van der Waals surface area contributed by atoms with E-state index in [1.807, 2.05) is 6.07 Å². The zero-order chi connectivity index (χ0) is 20.4. The SMILES string of the molecule is COc1ccccc1Oc1coc2c(C[NH+]3CCC[C@@H](C)C3)c(O)ccc2c1=O. The van der Waals surface area contributed by atoms with Gasteiger partial charge in [0, 0.05) is 5.92 Å². The van der Waals surface area contributed by atoms with Crippen molar-refractivity contribution in [1.29, 1.82) is 0 Å². The highest BCUT2D eigenvalue weighted by Crippen LogP contribution is 2.32. The maximum Gasteiger partial charge on any atom is 0.235 e. The summed E-state index contributed by atoms with van der Waals surface area (Å²) in [4.78, 5) is 14.4. The highest BCUT2D eigenvalue weighted by molar-refractivity contribution is 5.82. The Labute approximate surface area is 169 Å². The average molecular weight is 396 g/mol. The summed E-state index contributed by atoms with van der Waals surface area (Å²) in [6.45, 7) is 4.99. The van der Waals surface area contributed by atoms with Gasteiger partial charge in [-0.1, -0.05) is 19.1 Å². The van der Waals surface area contributed by atoms with E-state index >= 15 is 0 Å². The Balaban J connectivity index is 1.70. The number of quaternary nitrogens is 1. The Bertz CT molecular complexity index is 1070. The third kappa shape index (κ3) is 3.93. The fourth-order valence-corrected chi connectivity index (χ4v) is 4.10. The second-order valence-electron chi connectivity index (χ2n) is 7.75. The molecule has 0 saturated carbocycles. The standard InChI is InChI=1S/C23H25NO5/c1-15-6-5-11-24(12-15)13-17-18(25)10-9-16-22(26)21(14-28-23(16)17)29-20-8-4-3-7-19(20)27-2/h3-4,7-10,14-15,25H,5-6,11-13H2,1-2H3/p+1/t15-/m1/s1. The molecule has 6 nitrogen and oxygen atoms in total. The smallest absolute Gasteiger partial charge is 0.235 e. The van der Waals surface area contributed by atoms with Crippen LogP contribution in [0.4, 0.5) is 0 Å². The van der Waals surface area contributed by atoms with E-state index in [1.165, 1.54) is 24.0 Å². The van der Waals surface area contributed by atoms with Gasteiger partial charge in [-0.3, -0.25) is 4.79 Å². The number of phenols is 1. The Morgan fingerprint density at radius 2 is 1.97 bits per heavy atom. The number of benzene rings is 2. The molecule has 0 bridgehead atoms. The molecule has 1 fully saturated rings. The molecule has 0 radical (unpaired) electrons. The van der Waals surface area contributed by atoms with Gasteiger partial charge in [0.1, 0.15) is 18.6 Å². The van der Waals surface area contributed by atoms with Crippen LogP contribution in [0.5, 0.6) is 23.0 Å². The van der Waals surface area contributed by atoms with Gasteiger partial charge in [-0.15, -0.1) is 0 Å². The summed E-state index contributed by atoms with van der Waals surface area (Å²) < 4.78 is 16.9. The van der Waals surface area contributed by atoms with Crippen molar-refractivity contribution in [1.82, 2.24) is 0 Å². The summed E-state index contributed by atoms with van der Waals surface area (Å²) in [5.74, 6) is 1.86. The molecule has 0 spiro atoms. The summed E-state index contributed by atoms with van der Waals surface area (Å²) in [6, 6.07) is 10.3. The number of methoxy groups -OCH3 is 1. The number of rotatable bonds is 5. The molecule has 29 heavy (non-hydrogen) atoms. The number of nitrogens with one attached hydrogen (secondary N) is 1. The van der Waals surface area contributed by atoms with E-state index in [0.717, 1.165) is 13.1 Å². The monoisotopic (exact) mass is 396 g/mol. The van der Waals surface area contributed by atoms with E-state index in [9.17, 15) is 9.90 Å². The Morgan fingerprint density at radius 1 is 1.17 bits per heavy atom. The van der Waals surface area contributed by atoms with Crippen LogP contribution in [-0.2, 0) is 6.54 Å². The van der Waals surface area contributed by atoms with Crippen LogP contribution in [0, 0.1) is 5.92 Å². The second-order valence-corrected chi connectivity index (χ2v) is 7.75. The predicted molar refractivity (Wildman–Crippen MR) is 110 cm³/mol. The van der Waals surface area contributed by atoms with Crippen molar-refractivity contribution in [2.75, 3.05) is 20.2 Å². The molecular weight excluding hydrogens is 370 g/mol. The van der Waals surface area contributed by atoms with Gasteiger partial charge in [0.05, 0.1) is 31.1 Å². The maximum absolute atomic E-state index is 13.0. The second kappa shape index (κ2) is 8.17. The number of piperidine rings is 1. The zero-order valence-corrected chi connectivity index (χ0v) is 16.7. The Morgan fingerprint density at radius 3 is 2.72 bits per heavy atom. The van der Waals surface area contributed by atoms with E-state index in [2.05, 4.69) is 6.92 Å². The molecule has 1 aliphatic rings. The van der Waals surface area contributed by atoms with Gasteiger partial charge < -0.3 is 23.9 Å². The van der Waals surface area contributed by atoms with E-state index < -0.39 is 0 Å². The van der Waals surface area contributed by atoms with Gasteiger partial charge in [-0.2, -0.15) is 0 Å². The normalized spacial score (nSPS) is 19.2. The number of hydrogen-bond acceptors (Lipinski definition) is 5. The third-order valence-corrected chi connectivity index (χ3v) is 5.57. The summed E-state index contributed by atoms with van der Waals surface area (Å²) in [5, 5.41) is 10.8. The molecule has 1 aromatic heterocycles. The fraction of sp³-hybridized carbons (Fsp3) is 0.348. The van der Waals surface area contributed by atoms with Gasteiger partial charge in [0.15, 0.2) is 17.1 Å². The van der Waals surface area contributed by atoms with Gasteiger partial charge in [-0.25, -0.2) is 0 Å². The molecule has 1 unspecified atom stereocenters. The van der Waals surface area contributed by atoms with E-state index in [-0.39, 0.29) is 16.9 Å². The van der Waals surface area contributed by atoms with E-state index in [0.29, 0.717) is 40.5 Å². The number of likely N-dealkylation sites (tertiary alicyclic amines) is 1. The molecular formula is C23H26NO5+. The quantitative estimate of drug-likeness (QED) is 0.693. The largest absolute Gasteiger partial charge is 0.507 e. The van der Waals surface area contributed by atoms with Crippen LogP contribution in [-0.4, -0.2) is 25.3 Å². The number of ether oxygens (including phenoxy) is 2. The molecule has 3 aromatic rings. The molecule has 1 saturated heterocycles. The molecule has 2 aromatic carbocycles. The van der Waals surface area contributed by atoms with Gasteiger partial charge >= 0.3 is 0 Å². The van der Waals surface area contributed by atoms with Crippen LogP contribution in [0.25, 0.3) is 11.0 Å². The highest BCUT2D eigenvalue weighted by atomic mass is 16.5. The molecule has 0 amide bonds. The van der Waals surface area contributed by atoms with Gasteiger partial charge in [-0.05, 0) is 37.1 Å². The molecule has 6 heteroatoms. The van der Waals surface area contributed by atoms with Crippen LogP contribution < -0.4 is 19.8 Å². The number of aromatic hydroxyl groups is 1. The number of para-hydroxylation sites is 2. The lowest BCUT2D eigenvalue weighted by Crippen LogP contribution is -3.12. The van der Waals surface area contributed by atoms with Crippen molar-refractivity contribution >= 4 is 11.0 Å². The summed E-state index contributed by atoms with van der Waals surface area (Å²) in [7, 11) is 1.55. The number of phenolic OH excluding ortho intramolecular Hbond substituents is 1. The minimum absolute atomic E-state index is 0.0811. The summed E-state index contributed by atoms with van der Waals surface area (Å²) >= 11 is 0. The van der Waals surface area contributed by atoms with Crippen LogP contribution in [0.2, 0.25) is 0 Å². The van der Waals surface area contributed by atoms with Crippen molar-refractivity contribution in [3.8, 4) is 23.0 Å². The molecule has 4 rings (SSSR count). The lowest BCUT2D eigenvalue weighted by Gasteiger charge is -2.28. The first kappa shape index (κ1) is 19.3. The highest BCUT2D eigenvalue weighted by Gasteiger charge is 2.24. The molecule has 0 aliphatic carbocycles. The van der Waals surface area contributed by atoms with Gasteiger partial charge in [0.2, 0.25) is 11.2 Å². The lowest BCUT2D eigenvalue weighted by atomic mass is 9.99. The molecule has 152 valence electrons. The first-order valence-electron chi connectivity index (χ1n) is 9.97.